The normalized spacial score (nSPS) is 11.7. The fourth-order valence-electron chi connectivity index (χ4n) is 3.17. The summed E-state index contributed by atoms with van der Waals surface area (Å²) in [6.07, 6.45) is 2.48. The minimum absolute atomic E-state index is 0.0631. The Kier molecular flexibility index (Phi) is 12.5. The van der Waals surface area contributed by atoms with Gasteiger partial charge in [-0.05, 0) is 5.56 Å². The molecule has 0 bridgehead atoms. The lowest BCUT2D eigenvalue weighted by molar-refractivity contribution is -0.115. The molecule has 2 heterocycles. The Morgan fingerprint density at radius 2 is 1.62 bits per heavy atom. The second kappa shape index (κ2) is 16.0. The number of aromatic nitrogens is 2. The second-order valence-corrected chi connectivity index (χ2v) is 7.74. The van der Waals surface area contributed by atoms with E-state index in [9.17, 15) is 19.5 Å². The lowest BCUT2D eigenvalue weighted by atomic mass is 9.91. The Morgan fingerprint density at radius 3 is 2.20 bits per heavy atom. The molecule has 0 fully saturated rings. The number of hydrogen-bond acceptors (Lipinski definition) is 13. The van der Waals surface area contributed by atoms with Gasteiger partial charge in [0.15, 0.2) is 5.78 Å². The van der Waals surface area contributed by atoms with Crippen molar-refractivity contribution >= 4 is 29.1 Å². The predicted molar refractivity (Wildman–Crippen MR) is 137 cm³/mol. The number of ether oxygens (including phenoxy) is 5. The summed E-state index contributed by atoms with van der Waals surface area (Å²) in [7, 11) is 4.31. The summed E-state index contributed by atoms with van der Waals surface area (Å²) < 4.78 is 24.9. The standard InChI is InChI=1S/C13H15N3O5.C13H12N2O4/c1-19-5-6-21-12-7-9(13(18)20-2)10(8-15-12)16-11(17)3-4-14;1-18-2-3-19-12-5-9-8(7-15-12)4-11(16)10(6-14)13(9)17/h7-8H,3,5-6H2,1-2H3,(H,16,17);5,7,17H,2-4H2,1H3. The van der Waals surface area contributed by atoms with Crippen molar-refractivity contribution in [1.82, 2.24) is 9.97 Å². The summed E-state index contributed by atoms with van der Waals surface area (Å²) in [5, 5.41) is 29.6. The number of hydrogen-bond donors (Lipinski definition) is 2. The molecule has 40 heavy (non-hydrogen) atoms. The molecule has 0 saturated carbocycles. The molecule has 14 nitrogen and oxygen atoms in total. The van der Waals surface area contributed by atoms with E-state index in [0.29, 0.717) is 36.8 Å². The number of amides is 1. The zero-order valence-electron chi connectivity index (χ0n) is 22.1. The monoisotopic (exact) mass is 553 g/mol. The summed E-state index contributed by atoms with van der Waals surface area (Å²) in [4.78, 5) is 42.7. The van der Waals surface area contributed by atoms with Gasteiger partial charge in [-0.1, -0.05) is 0 Å². The number of Topliss-reactive ketones (excluding diaryl/α,β-unsaturated/α-hetero) is 1. The van der Waals surface area contributed by atoms with Gasteiger partial charge in [0.1, 0.15) is 37.0 Å². The van der Waals surface area contributed by atoms with Gasteiger partial charge < -0.3 is 34.1 Å². The van der Waals surface area contributed by atoms with Crippen LogP contribution in [-0.2, 0) is 30.2 Å². The lowest BCUT2D eigenvalue weighted by Gasteiger charge is -2.15. The van der Waals surface area contributed by atoms with Crippen molar-refractivity contribution in [3.63, 3.8) is 0 Å². The van der Waals surface area contributed by atoms with Crippen molar-refractivity contribution in [3.8, 4) is 23.9 Å². The van der Waals surface area contributed by atoms with Crippen molar-refractivity contribution in [3.05, 3.63) is 46.8 Å². The van der Waals surface area contributed by atoms with Gasteiger partial charge in [0.2, 0.25) is 17.7 Å². The number of nitrogens with zero attached hydrogens (tertiary/aromatic N) is 4. The van der Waals surface area contributed by atoms with E-state index in [1.165, 1.54) is 38.7 Å². The third-order valence-electron chi connectivity index (χ3n) is 5.07. The van der Waals surface area contributed by atoms with E-state index in [4.69, 9.17) is 29.5 Å². The molecule has 0 unspecified atom stereocenters. The van der Waals surface area contributed by atoms with Gasteiger partial charge in [-0.25, -0.2) is 14.8 Å². The highest BCUT2D eigenvalue weighted by Gasteiger charge is 2.26. The highest BCUT2D eigenvalue weighted by atomic mass is 16.5. The minimum Gasteiger partial charge on any atom is -0.506 e. The number of nitrogens with one attached hydrogen (secondary N) is 1. The van der Waals surface area contributed by atoms with E-state index in [-0.39, 0.29) is 47.9 Å². The number of fused-ring (bicyclic) bond motifs is 1. The first-order chi connectivity index (χ1) is 19.3. The highest BCUT2D eigenvalue weighted by Crippen LogP contribution is 2.29. The first-order valence-electron chi connectivity index (χ1n) is 11.6. The average Bonchev–Trinajstić information content (AvgIpc) is 2.94. The summed E-state index contributed by atoms with van der Waals surface area (Å²) in [6, 6.07) is 6.29. The minimum atomic E-state index is -0.652. The van der Waals surface area contributed by atoms with Gasteiger partial charge in [0, 0.05) is 44.5 Å². The Bertz CT molecular complexity index is 1350. The van der Waals surface area contributed by atoms with E-state index in [2.05, 4.69) is 20.0 Å². The summed E-state index contributed by atoms with van der Waals surface area (Å²) in [5.41, 5.74) is 1.02. The molecule has 3 rings (SSSR count). The van der Waals surface area contributed by atoms with Crippen LogP contribution in [-0.4, -0.2) is 80.5 Å². The molecule has 1 amide bonds. The largest absolute Gasteiger partial charge is 0.506 e. The highest BCUT2D eigenvalue weighted by molar-refractivity contribution is 6.08. The molecule has 2 aromatic rings. The van der Waals surface area contributed by atoms with E-state index in [1.807, 2.05) is 0 Å². The zero-order valence-corrected chi connectivity index (χ0v) is 22.1. The van der Waals surface area contributed by atoms with E-state index < -0.39 is 17.7 Å². The number of methoxy groups -OCH3 is 3. The molecule has 0 aliphatic heterocycles. The smallest absolute Gasteiger partial charge is 0.340 e. The van der Waals surface area contributed by atoms with Gasteiger partial charge in [0.25, 0.3) is 0 Å². The van der Waals surface area contributed by atoms with Crippen molar-refractivity contribution in [1.29, 1.82) is 10.5 Å². The van der Waals surface area contributed by atoms with Crippen LogP contribution in [0.15, 0.2) is 30.1 Å². The predicted octanol–water partition coefficient (Wildman–Crippen LogP) is 1.77. The zero-order chi connectivity index (χ0) is 29.5. The number of allylic oxidation sites excluding steroid dienone is 1. The average molecular weight is 554 g/mol. The molecular formula is C26H27N5O9. The van der Waals surface area contributed by atoms with Crippen LogP contribution in [0, 0.1) is 22.7 Å². The molecule has 14 heteroatoms. The maximum absolute atomic E-state index is 11.7. The Morgan fingerprint density at radius 1 is 1.00 bits per heavy atom. The molecule has 2 aromatic heterocycles. The van der Waals surface area contributed by atoms with E-state index in [1.54, 1.807) is 19.2 Å². The summed E-state index contributed by atoms with van der Waals surface area (Å²) >= 11 is 0. The van der Waals surface area contributed by atoms with Crippen molar-refractivity contribution < 1.29 is 43.2 Å². The number of anilines is 1. The molecule has 0 atom stereocenters. The molecule has 210 valence electrons. The molecule has 0 radical (unpaired) electrons. The van der Waals surface area contributed by atoms with Gasteiger partial charge >= 0.3 is 5.97 Å². The summed E-state index contributed by atoms with van der Waals surface area (Å²) in [5.74, 6) is -1.39. The molecule has 2 N–H and O–H groups in total. The van der Waals surface area contributed by atoms with Crippen LogP contribution in [0.4, 0.5) is 5.69 Å². The second-order valence-electron chi connectivity index (χ2n) is 7.74. The van der Waals surface area contributed by atoms with Crippen LogP contribution < -0.4 is 14.8 Å². The first-order valence-corrected chi connectivity index (χ1v) is 11.6. The van der Waals surface area contributed by atoms with E-state index >= 15 is 0 Å². The maximum atomic E-state index is 11.7. The molecule has 0 saturated heterocycles. The van der Waals surface area contributed by atoms with Crippen LogP contribution in [0.2, 0.25) is 0 Å². The topological polar surface area (TPSA) is 203 Å². The number of carbonyl (C=O) groups is 3. The van der Waals surface area contributed by atoms with Crippen molar-refractivity contribution in [2.24, 2.45) is 0 Å². The van der Waals surface area contributed by atoms with E-state index in [0.717, 1.165) is 0 Å². The van der Waals surface area contributed by atoms with Crippen LogP contribution in [0.1, 0.15) is 27.9 Å². The number of esters is 1. The molecule has 0 aromatic carbocycles. The Balaban J connectivity index is 0.000000281. The lowest BCUT2D eigenvalue weighted by Crippen LogP contribution is -2.16. The SMILES string of the molecule is COCCOc1cc(C(=O)OC)c(NC(=O)CC#N)cn1.COCCOc1cc2c(cn1)CC(=O)C(C#N)=C2O. The van der Waals surface area contributed by atoms with Crippen molar-refractivity contribution in [2.45, 2.75) is 12.8 Å². The number of nitriles is 2. The quantitative estimate of drug-likeness (QED) is 0.301. The van der Waals surface area contributed by atoms with Crippen molar-refractivity contribution in [2.75, 3.05) is 53.1 Å². The van der Waals surface area contributed by atoms with Crippen LogP contribution in [0.25, 0.3) is 5.76 Å². The van der Waals surface area contributed by atoms with Gasteiger partial charge in [-0.15, -0.1) is 0 Å². The van der Waals surface area contributed by atoms with Gasteiger partial charge in [-0.2, -0.15) is 10.5 Å². The summed E-state index contributed by atoms with van der Waals surface area (Å²) in [6.45, 7) is 1.39. The molecule has 1 aliphatic rings. The molecule has 0 spiro atoms. The fourth-order valence-corrected chi connectivity index (χ4v) is 3.17. The first kappa shape index (κ1) is 31.2. The number of aliphatic hydroxyl groups is 1. The van der Waals surface area contributed by atoms with Crippen LogP contribution in [0.3, 0.4) is 0 Å². The van der Waals surface area contributed by atoms with Gasteiger partial charge in [0.05, 0.1) is 43.8 Å². The number of carbonyl (C=O) groups excluding carboxylic acids is 3. The number of rotatable bonds is 11. The third-order valence-corrected chi connectivity index (χ3v) is 5.07. The molecular weight excluding hydrogens is 526 g/mol. The Hall–Kier alpha value is -5.05. The van der Waals surface area contributed by atoms with Crippen LogP contribution in [0.5, 0.6) is 11.8 Å². The Labute approximate surface area is 229 Å². The third kappa shape index (κ3) is 8.76. The number of ketones is 1. The fraction of sp³-hybridized carbons (Fsp3) is 0.346. The molecule has 1 aliphatic carbocycles. The number of pyridine rings is 2. The number of aliphatic hydroxyl groups excluding tert-OH is 1. The maximum Gasteiger partial charge on any atom is 0.340 e. The van der Waals surface area contributed by atoms with Crippen LogP contribution >= 0.6 is 0 Å². The van der Waals surface area contributed by atoms with Gasteiger partial charge in [-0.3, -0.25) is 9.59 Å².